The second-order valence-corrected chi connectivity index (χ2v) is 7.24. The highest BCUT2D eigenvalue weighted by Crippen LogP contribution is 2.19. The molecule has 0 aliphatic carbocycles. The van der Waals surface area contributed by atoms with Crippen LogP contribution >= 0.6 is 11.6 Å². The van der Waals surface area contributed by atoms with E-state index in [0.717, 1.165) is 11.3 Å². The zero-order chi connectivity index (χ0) is 19.0. The van der Waals surface area contributed by atoms with Crippen LogP contribution in [0.25, 0.3) is 5.69 Å². The number of amides is 2. The van der Waals surface area contributed by atoms with E-state index in [2.05, 4.69) is 15.3 Å². The number of aromatic nitrogens is 2. The third kappa shape index (κ3) is 3.55. The number of fused-ring (bicyclic) bond motifs is 1. The maximum atomic E-state index is 12.3. The minimum absolute atomic E-state index is 0.212. The van der Waals surface area contributed by atoms with Crippen molar-refractivity contribution < 1.29 is 14.7 Å². The maximum Gasteiger partial charge on any atom is 0.248 e. The van der Waals surface area contributed by atoms with Crippen LogP contribution in [0.4, 0.5) is 0 Å². The highest BCUT2D eigenvalue weighted by molar-refractivity contribution is 6.30. The quantitative estimate of drug-likeness (QED) is 0.770. The Morgan fingerprint density at radius 2 is 2.15 bits per heavy atom. The molecule has 0 unspecified atom stereocenters. The normalized spacial score (nSPS) is 23.3. The molecule has 0 spiro atoms. The van der Waals surface area contributed by atoms with E-state index in [1.165, 1.54) is 0 Å². The van der Waals surface area contributed by atoms with Crippen LogP contribution in [0.5, 0.6) is 0 Å². The molecule has 2 amide bonds. The molecular formula is C18H20ClN5O3. The van der Waals surface area contributed by atoms with E-state index >= 15 is 0 Å². The minimum Gasteiger partial charge on any atom is -0.394 e. The van der Waals surface area contributed by atoms with Crippen molar-refractivity contribution >= 4 is 23.4 Å². The summed E-state index contributed by atoms with van der Waals surface area (Å²) in [6.45, 7) is 1.85. The van der Waals surface area contributed by atoms with E-state index in [9.17, 15) is 14.7 Å². The van der Waals surface area contributed by atoms with Crippen LogP contribution in [0.1, 0.15) is 5.56 Å². The van der Waals surface area contributed by atoms with E-state index in [1.807, 2.05) is 30.5 Å². The summed E-state index contributed by atoms with van der Waals surface area (Å²) in [6, 6.07) is 6.11. The lowest BCUT2D eigenvalue weighted by molar-refractivity contribution is -0.154. The maximum absolute atomic E-state index is 12.3. The summed E-state index contributed by atoms with van der Waals surface area (Å²) in [4.78, 5) is 28.3. The van der Waals surface area contributed by atoms with Gasteiger partial charge in [-0.3, -0.25) is 14.5 Å². The van der Waals surface area contributed by atoms with Gasteiger partial charge in [-0.15, -0.1) is 0 Å². The Morgan fingerprint density at radius 3 is 2.93 bits per heavy atom. The molecule has 142 valence electrons. The minimum atomic E-state index is -0.823. The number of nitrogens with zero attached hydrogens (tertiary/aromatic N) is 4. The van der Waals surface area contributed by atoms with Crippen LogP contribution in [-0.4, -0.2) is 74.8 Å². The molecule has 0 saturated carbocycles. The summed E-state index contributed by atoms with van der Waals surface area (Å²) in [5.74, 6) is -0.427. The summed E-state index contributed by atoms with van der Waals surface area (Å²) in [5.41, 5.74) is 1.89. The van der Waals surface area contributed by atoms with Crippen LogP contribution in [0.2, 0.25) is 5.02 Å². The van der Waals surface area contributed by atoms with Gasteiger partial charge in [-0.25, -0.2) is 4.68 Å². The smallest absolute Gasteiger partial charge is 0.248 e. The highest BCUT2D eigenvalue weighted by Gasteiger charge is 2.43. The van der Waals surface area contributed by atoms with Crippen LogP contribution in [0, 0.1) is 0 Å². The van der Waals surface area contributed by atoms with Gasteiger partial charge in [-0.05, 0) is 18.2 Å². The number of rotatable bonds is 4. The van der Waals surface area contributed by atoms with Crippen LogP contribution < -0.4 is 5.32 Å². The summed E-state index contributed by atoms with van der Waals surface area (Å²) in [7, 11) is 0. The molecule has 27 heavy (non-hydrogen) atoms. The van der Waals surface area contributed by atoms with Gasteiger partial charge in [0.15, 0.2) is 0 Å². The second kappa shape index (κ2) is 7.30. The van der Waals surface area contributed by atoms with E-state index < -0.39 is 12.1 Å². The molecule has 2 N–H and O–H groups in total. The van der Waals surface area contributed by atoms with Crippen molar-refractivity contribution in [2.45, 2.75) is 18.6 Å². The van der Waals surface area contributed by atoms with Crippen LogP contribution in [0.15, 0.2) is 36.7 Å². The molecule has 0 bridgehead atoms. The van der Waals surface area contributed by atoms with Crippen molar-refractivity contribution in [1.82, 2.24) is 24.9 Å². The second-order valence-electron chi connectivity index (χ2n) is 6.80. The number of carbonyl (C=O) groups is 2. The van der Waals surface area contributed by atoms with E-state index in [4.69, 9.17) is 11.6 Å². The topological polar surface area (TPSA) is 90.7 Å². The number of carbonyl (C=O) groups excluding carboxylic acids is 2. The molecule has 9 heteroatoms. The van der Waals surface area contributed by atoms with Crippen molar-refractivity contribution in [1.29, 1.82) is 0 Å². The zero-order valence-corrected chi connectivity index (χ0v) is 15.3. The Hall–Kier alpha value is -2.42. The average Bonchev–Trinajstić information content (AvgIpc) is 3.13. The number of aliphatic hydroxyl groups excluding tert-OH is 1. The fourth-order valence-electron chi connectivity index (χ4n) is 3.58. The average molecular weight is 390 g/mol. The van der Waals surface area contributed by atoms with Gasteiger partial charge < -0.3 is 15.3 Å². The molecule has 1 aromatic carbocycles. The summed E-state index contributed by atoms with van der Waals surface area (Å²) in [6.07, 6.45) is 3.73. The van der Waals surface area contributed by atoms with E-state index in [0.29, 0.717) is 31.2 Å². The van der Waals surface area contributed by atoms with Crippen LogP contribution in [0.3, 0.4) is 0 Å². The molecular weight excluding hydrogens is 370 g/mol. The van der Waals surface area contributed by atoms with Crippen molar-refractivity contribution in [2.75, 3.05) is 26.2 Å². The lowest BCUT2D eigenvalue weighted by atomic mass is 10.0. The van der Waals surface area contributed by atoms with Gasteiger partial charge in [0.05, 0.1) is 18.5 Å². The molecule has 1 aromatic heterocycles. The van der Waals surface area contributed by atoms with Gasteiger partial charge in [-0.1, -0.05) is 17.7 Å². The molecule has 8 nitrogen and oxygen atoms in total. The fraction of sp³-hybridized carbons (Fsp3) is 0.389. The number of piperazine rings is 2. The van der Waals surface area contributed by atoms with Gasteiger partial charge in [0.1, 0.15) is 12.1 Å². The van der Waals surface area contributed by atoms with Gasteiger partial charge >= 0.3 is 0 Å². The first-order valence-corrected chi connectivity index (χ1v) is 9.16. The van der Waals surface area contributed by atoms with Gasteiger partial charge in [0, 0.05) is 43.0 Å². The van der Waals surface area contributed by atoms with Crippen LogP contribution in [-0.2, 0) is 16.1 Å². The molecule has 4 rings (SSSR count). The number of halogens is 1. The number of hydrogen-bond acceptors (Lipinski definition) is 5. The molecule has 2 fully saturated rings. The zero-order valence-electron chi connectivity index (χ0n) is 14.6. The molecule has 0 radical (unpaired) electrons. The Morgan fingerprint density at radius 1 is 1.30 bits per heavy atom. The summed E-state index contributed by atoms with van der Waals surface area (Å²) >= 11 is 6.03. The summed E-state index contributed by atoms with van der Waals surface area (Å²) < 4.78 is 1.76. The fourth-order valence-corrected chi connectivity index (χ4v) is 3.77. The van der Waals surface area contributed by atoms with Crippen molar-refractivity contribution in [3.05, 3.63) is 47.2 Å². The van der Waals surface area contributed by atoms with E-state index in [-0.39, 0.29) is 18.4 Å². The standard InChI is InChI=1S/C18H20ClN5O3/c19-13-2-1-3-14(6-13)24-9-12(7-20-24)8-22-4-5-23-16(10-22)17(26)21-15(11-25)18(23)27/h1-3,6-7,9,15-16,25H,4-5,8,10-11H2,(H,21,26)/t15-,16+/m0/s1. The van der Waals surface area contributed by atoms with E-state index in [1.54, 1.807) is 15.8 Å². The molecule has 3 heterocycles. The van der Waals surface area contributed by atoms with Gasteiger partial charge in [0.25, 0.3) is 0 Å². The Kier molecular flexibility index (Phi) is 4.86. The molecule has 2 atom stereocenters. The Bertz CT molecular complexity index is 870. The highest BCUT2D eigenvalue weighted by atomic mass is 35.5. The predicted molar refractivity (Wildman–Crippen MR) is 98.4 cm³/mol. The lowest BCUT2D eigenvalue weighted by Gasteiger charge is -2.44. The lowest BCUT2D eigenvalue weighted by Crippen LogP contribution is -2.69. The van der Waals surface area contributed by atoms with Crippen molar-refractivity contribution in [3.8, 4) is 5.69 Å². The first-order valence-electron chi connectivity index (χ1n) is 8.78. The molecule has 2 saturated heterocycles. The first-order chi connectivity index (χ1) is 13.0. The Labute approximate surface area is 161 Å². The monoisotopic (exact) mass is 389 g/mol. The number of hydrogen-bond donors (Lipinski definition) is 2. The van der Waals surface area contributed by atoms with Crippen molar-refractivity contribution in [2.24, 2.45) is 0 Å². The largest absolute Gasteiger partial charge is 0.394 e. The first kappa shape index (κ1) is 18.0. The molecule has 2 aliphatic rings. The number of nitrogens with one attached hydrogen (secondary N) is 1. The molecule has 2 aromatic rings. The number of benzene rings is 1. The SMILES string of the molecule is O=C1N[C@@H](CO)C(=O)N2CCN(Cc3cnn(-c4cccc(Cl)c4)c3)C[C@H]12. The van der Waals surface area contributed by atoms with Crippen molar-refractivity contribution in [3.63, 3.8) is 0 Å². The third-order valence-corrected chi connectivity index (χ3v) is 5.20. The third-order valence-electron chi connectivity index (χ3n) is 4.96. The van der Waals surface area contributed by atoms with Gasteiger partial charge in [0.2, 0.25) is 11.8 Å². The Balaban J connectivity index is 1.43. The summed E-state index contributed by atoms with van der Waals surface area (Å²) in [5, 5.41) is 16.9. The number of aliphatic hydroxyl groups is 1. The van der Waals surface area contributed by atoms with Gasteiger partial charge in [-0.2, -0.15) is 5.10 Å². The predicted octanol–water partition coefficient (Wildman–Crippen LogP) is 0.0292. The molecule has 2 aliphatic heterocycles.